The summed E-state index contributed by atoms with van der Waals surface area (Å²) in [5, 5.41) is 17.1. The number of aromatic carboxylic acids is 1. The SMILES string of the molecule is COCc1cc(NC(=O)c2cc3cnn(C(C)C)c3nc2C)cc(C(=O)O)c1. The predicted octanol–water partition coefficient (Wildman–Crippen LogP) is 3.42. The Morgan fingerprint density at radius 3 is 2.64 bits per heavy atom. The number of rotatable bonds is 6. The summed E-state index contributed by atoms with van der Waals surface area (Å²) in [6, 6.07) is 6.52. The van der Waals surface area contributed by atoms with Gasteiger partial charge in [-0.25, -0.2) is 14.5 Å². The second kappa shape index (κ2) is 7.77. The van der Waals surface area contributed by atoms with Gasteiger partial charge in [-0.2, -0.15) is 5.10 Å². The van der Waals surface area contributed by atoms with E-state index < -0.39 is 5.97 Å². The summed E-state index contributed by atoms with van der Waals surface area (Å²) in [5.74, 6) is -1.44. The molecule has 1 amide bonds. The standard InChI is InChI=1S/C20H22N4O4/c1-11(2)24-18-15(9-21-24)8-17(12(3)22-18)19(25)23-16-6-13(10-28-4)5-14(7-16)20(26)27/h5-9,11H,10H2,1-4H3,(H,23,25)(H,26,27). The molecule has 0 saturated heterocycles. The van der Waals surface area contributed by atoms with Crippen molar-refractivity contribution in [3.05, 3.63) is 52.8 Å². The van der Waals surface area contributed by atoms with E-state index in [2.05, 4.69) is 15.4 Å². The number of ether oxygens (including phenoxy) is 1. The predicted molar refractivity (Wildman–Crippen MR) is 105 cm³/mol. The number of carboxylic acid groups (broad SMARTS) is 1. The number of pyridine rings is 1. The van der Waals surface area contributed by atoms with Crippen LogP contribution in [0.5, 0.6) is 0 Å². The van der Waals surface area contributed by atoms with Crippen LogP contribution in [0.2, 0.25) is 0 Å². The number of nitrogens with zero attached hydrogens (tertiary/aromatic N) is 3. The molecule has 0 spiro atoms. The van der Waals surface area contributed by atoms with Crippen molar-refractivity contribution in [2.75, 3.05) is 12.4 Å². The molecule has 0 aliphatic carbocycles. The molecule has 0 atom stereocenters. The van der Waals surface area contributed by atoms with Crippen LogP contribution in [0.4, 0.5) is 5.69 Å². The molecule has 1 aromatic carbocycles. The number of hydrogen-bond donors (Lipinski definition) is 2. The Labute approximate surface area is 162 Å². The summed E-state index contributed by atoms with van der Waals surface area (Å²) in [7, 11) is 1.52. The number of fused-ring (bicyclic) bond motifs is 1. The minimum atomic E-state index is -1.08. The van der Waals surface area contributed by atoms with Gasteiger partial charge in [0.05, 0.1) is 29.6 Å². The third kappa shape index (κ3) is 3.86. The molecule has 146 valence electrons. The van der Waals surface area contributed by atoms with Crippen molar-refractivity contribution in [3.8, 4) is 0 Å². The van der Waals surface area contributed by atoms with Crippen molar-refractivity contribution in [2.45, 2.75) is 33.4 Å². The molecule has 0 aliphatic rings. The Morgan fingerprint density at radius 2 is 2.00 bits per heavy atom. The smallest absolute Gasteiger partial charge is 0.335 e. The lowest BCUT2D eigenvalue weighted by atomic mass is 10.1. The van der Waals surface area contributed by atoms with Gasteiger partial charge in [0.15, 0.2) is 5.65 Å². The molecule has 2 N–H and O–H groups in total. The molecule has 0 aliphatic heterocycles. The van der Waals surface area contributed by atoms with E-state index in [1.165, 1.54) is 19.2 Å². The summed E-state index contributed by atoms with van der Waals surface area (Å²) < 4.78 is 6.87. The maximum Gasteiger partial charge on any atom is 0.335 e. The van der Waals surface area contributed by atoms with Gasteiger partial charge in [0.1, 0.15) is 0 Å². The summed E-state index contributed by atoms with van der Waals surface area (Å²) in [5.41, 5.74) is 2.81. The van der Waals surface area contributed by atoms with Crippen molar-refractivity contribution in [2.24, 2.45) is 0 Å². The van der Waals surface area contributed by atoms with Crippen LogP contribution in [-0.2, 0) is 11.3 Å². The quantitative estimate of drug-likeness (QED) is 0.677. The van der Waals surface area contributed by atoms with Gasteiger partial charge in [-0.05, 0) is 50.6 Å². The molecule has 3 aromatic rings. The summed E-state index contributed by atoms with van der Waals surface area (Å²) in [6.45, 7) is 6.02. The lowest BCUT2D eigenvalue weighted by Gasteiger charge is -2.11. The van der Waals surface area contributed by atoms with E-state index in [-0.39, 0.29) is 24.1 Å². The van der Waals surface area contributed by atoms with Crippen LogP contribution in [0.3, 0.4) is 0 Å². The van der Waals surface area contributed by atoms with Crippen LogP contribution >= 0.6 is 0 Å². The minimum absolute atomic E-state index is 0.0772. The highest BCUT2D eigenvalue weighted by Gasteiger charge is 2.16. The first kappa shape index (κ1) is 19.5. The Morgan fingerprint density at radius 1 is 1.25 bits per heavy atom. The zero-order chi connectivity index (χ0) is 20.4. The molecule has 8 heteroatoms. The first-order chi connectivity index (χ1) is 13.3. The van der Waals surface area contributed by atoms with E-state index in [4.69, 9.17) is 4.74 Å². The van der Waals surface area contributed by atoms with E-state index in [0.717, 1.165) is 11.0 Å². The lowest BCUT2D eigenvalue weighted by Crippen LogP contribution is -2.15. The van der Waals surface area contributed by atoms with E-state index in [1.54, 1.807) is 29.9 Å². The number of hydrogen-bond acceptors (Lipinski definition) is 5. The number of nitrogens with one attached hydrogen (secondary N) is 1. The van der Waals surface area contributed by atoms with Crippen LogP contribution in [0.25, 0.3) is 11.0 Å². The Hall–Kier alpha value is -3.26. The number of methoxy groups -OCH3 is 1. The van der Waals surface area contributed by atoms with Crippen LogP contribution in [0.1, 0.15) is 51.9 Å². The van der Waals surface area contributed by atoms with E-state index >= 15 is 0 Å². The highest BCUT2D eigenvalue weighted by molar-refractivity contribution is 6.07. The molecule has 2 heterocycles. The first-order valence-corrected chi connectivity index (χ1v) is 8.82. The molecule has 0 unspecified atom stereocenters. The van der Waals surface area contributed by atoms with Gasteiger partial charge in [-0.15, -0.1) is 0 Å². The van der Waals surface area contributed by atoms with E-state index in [9.17, 15) is 14.7 Å². The number of amides is 1. The number of carbonyl (C=O) groups excluding carboxylic acids is 1. The van der Waals surface area contributed by atoms with Crippen molar-refractivity contribution in [1.29, 1.82) is 0 Å². The van der Waals surface area contributed by atoms with Gasteiger partial charge in [0.25, 0.3) is 5.91 Å². The van der Waals surface area contributed by atoms with Crippen LogP contribution in [0, 0.1) is 6.92 Å². The Balaban J connectivity index is 1.95. The average Bonchev–Trinajstić information content (AvgIpc) is 3.03. The van der Waals surface area contributed by atoms with Crippen molar-refractivity contribution in [3.63, 3.8) is 0 Å². The van der Waals surface area contributed by atoms with Gasteiger partial charge in [-0.1, -0.05) is 0 Å². The number of carbonyl (C=O) groups is 2. The molecule has 0 saturated carbocycles. The normalized spacial score (nSPS) is 11.2. The maximum absolute atomic E-state index is 12.8. The average molecular weight is 382 g/mol. The molecular weight excluding hydrogens is 360 g/mol. The highest BCUT2D eigenvalue weighted by atomic mass is 16.5. The van der Waals surface area contributed by atoms with Gasteiger partial charge in [0.2, 0.25) is 0 Å². The van der Waals surface area contributed by atoms with Crippen molar-refractivity contribution >= 4 is 28.6 Å². The van der Waals surface area contributed by atoms with Gasteiger partial charge >= 0.3 is 5.97 Å². The molecule has 0 bridgehead atoms. The Kier molecular flexibility index (Phi) is 5.41. The zero-order valence-corrected chi connectivity index (χ0v) is 16.2. The molecule has 3 rings (SSSR count). The van der Waals surface area contributed by atoms with Gasteiger partial charge in [0, 0.05) is 24.2 Å². The second-order valence-corrected chi connectivity index (χ2v) is 6.83. The molecule has 8 nitrogen and oxygen atoms in total. The number of aromatic nitrogens is 3. The largest absolute Gasteiger partial charge is 0.478 e. The summed E-state index contributed by atoms with van der Waals surface area (Å²) in [4.78, 5) is 28.7. The lowest BCUT2D eigenvalue weighted by molar-refractivity contribution is 0.0696. The number of anilines is 1. The number of aryl methyl sites for hydroxylation is 1. The van der Waals surface area contributed by atoms with Gasteiger partial charge in [-0.3, -0.25) is 4.79 Å². The molecule has 0 radical (unpaired) electrons. The molecule has 2 aromatic heterocycles. The fourth-order valence-electron chi connectivity index (χ4n) is 3.01. The minimum Gasteiger partial charge on any atom is -0.478 e. The Bertz CT molecular complexity index is 1060. The maximum atomic E-state index is 12.8. The van der Waals surface area contributed by atoms with Crippen molar-refractivity contribution in [1.82, 2.24) is 14.8 Å². The monoisotopic (exact) mass is 382 g/mol. The number of carboxylic acids is 1. The first-order valence-electron chi connectivity index (χ1n) is 8.82. The third-order valence-electron chi connectivity index (χ3n) is 4.30. The summed E-state index contributed by atoms with van der Waals surface area (Å²) in [6.07, 6.45) is 1.68. The van der Waals surface area contributed by atoms with Crippen molar-refractivity contribution < 1.29 is 19.4 Å². The molecule has 0 fully saturated rings. The molecular formula is C20H22N4O4. The fourth-order valence-corrected chi connectivity index (χ4v) is 3.01. The molecule has 28 heavy (non-hydrogen) atoms. The van der Waals surface area contributed by atoms with Crippen LogP contribution in [0.15, 0.2) is 30.5 Å². The fraction of sp³-hybridized carbons (Fsp3) is 0.300. The van der Waals surface area contributed by atoms with Crippen LogP contribution in [-0.4, -0.2) is 38.9 Å². The van der Waals surface area contributed by atoms with E-state index in [0.29, 0.717) is 22.5 Å². The summed E-state index contributed by atoms with van der Waals surface area (Å²) >= 11 is 0. The highest BCUT2D eigenvalue weighted by Crippen LogP contribution is 2.21. The second-order valence-electron chi connectivity index (χ2n) is 6.83. The number of benzene rings is 1. The zero-order valence-electron chi connectivity index (χ0n) is 16.2. The van der Waals surface area contributed by atoms with E-state index in [1.807, 2.05) is 13.8 Å². The van der Waals surface area contributed by atoms with Gasteiger partial charge < -0.3 is 15.2 Å². The topological polar surface area (TPSA) is 106 Å². The van der Waals surface area contributed by atoms with Crippen LogP contribution < -0.4 is 5.32 Å². The third-order valence-corrected chi connectivity index (χ3v) is 4.30.